The summed E-state index contributed by atoms with van der Waals surface area (Å²) < 4.78 is 5.95. The summed E-state index contributed by atoms with van der Waals surface area (Å²) in [5, 5.41) is 5.20. The SMILES string of the molecule is CCOC(=O)c1cc(C)sc1NC(=O)CN1CCN(C(=O)c2sc3cc(Cl)ccc3c2Cl)CC1. The highest BCUT2D eigenvalue weighted by Crippen LogP contribution is 2.37. The van der Waals surface area contributed by atoms with Gasteiger partial charge in [0.2, 0.25) is 5.91 Å². The van der Waals surface area contributed by atoms with Crippen molar-refractivity contribution in [3.8, 4) is 0 Å². The first-order valence-electron chi connectivity index (χ1n) is 10.7. The highest BCUT2D eigenvalue weighted by atomic mass is 35.5. The predicted molar refractivity (Wildman–Crippen MR) is 138 cm³/mol. The quantitative estimate of drug-likeness (QED) is 0.438. The number of thiophene rings is 2. The van der Waals surface area contributed by atoms with E-state index in [9.17, 15) is 14.4 Å². The zero-order valence-electron chi connectivity index (χ0n) is 18.7. The van der Waals surface area contributed by atoms with Crippen molar-refractivity contribution in [1.82, 2.24) is 9.80 Å². The van der Waals surface area contributed by atoms with E-state index in [-0.39, 0.29) is 25.0 Å². The largest absolute Gasteiger partial charge is 0.462 e. The van der Waals surface area contributed by atoms with Gasteiger partial charge < -0.3 is 15.0 Å². The maximum Gasteiger partial charge on any atom is 0.341 e. The number of halogens is 2. The summed E-state index contributed by atoms with van der Waals surface area (Å²) in [7, 11) is 0. The third kappa shape index (κ3) is 5.39. The van der Waals surface area contributed by atoms with Crippen molar-refractivity contribution in [2.45, 2.75) is 13.8 Å². The fourth-order valence-electron chi connectivity index (χ4n) is 3.77. The summed E-state index contributed by atoms with van der Waals surface area (Å²) in [6, 6.07) is 7.11. The molecule has 0 aliphatic carbocycles. The Morgan fingerprint density at radius 2 is 1.82 bits per heavy atom. The Labute approximate surface area is 215 Å². The molecule has 3 aromatic rings. The van der Waals surface area contributed by atoms with Crippen molar-refractivity contribution in [3.63, 3.8) is 0 Å². The van der Waals surface area contributed by atoms with E-state index in [4.69, 9.17) is 27.9 Å². The third-order valence-electron chi connectivity index (χ3n) is 5.42. The lowest BCUT2D eigenvalue weighted by Gasteiger charge is -2.34. The Hall–Kier alpha value is -2.17. The third-order valence-corrected chi connectivity index (χ3v) is 8.26. The summed E-state index contributed by atoms with van der Waals surface area (Å²) in [5.41, 5.74) is 0.370. The smallest absolute Gasteiger partial charge is 0.341 e. The van der Waals surface area contributed by atoms with Gasteiger partial charge in [0.1, 0.15) is 9.88 Å². The van der Waals surface area contributed by atoms with Crippen LogP contribution in [0.15, 0.2) is 24.3 Å². The molecule has 1 aliphatic rings. The van der Waals surface area contributed by atoms with E-state index in [2.05, 4.69) is 5.32 Å². The Morgan fingerprint density at radius 3 is 2.53 bits per heavy atom. The molecule has 2 amide bonds. The van der Waals surface area contributed by atoms with Gasteiger partial charge in [-0.3, -0.25) is 14.5 Å². The molecule has 1 N–H and O–H groups in total. The molecule has 1 saturated heterocycles. The van der Waals surface area contributed by atoms with Crippen LogP contribution in [0.4, 0.5) is 5.00 Å². The number of benzene rings is 1. The fraction of sp³-hybridized carbons (Fsp3) is 0.348. The minimum absolute atomic E-state index is 0.112. The van der Waals surface area contributed by atoms with Crippen LogP contribution in [0.25, 0.3) is 10.1 Å². The number of carbonyl (C=O) groups excluding carboxylic acids is 3. The Morgan fingerprint density at radius 1 is 1.09 bits per heavy atom. The number of hydrogen-bond acceptors (Lipinski definition) is 7. The number of anilines is 1. The van der Waals surface area contributed by atoms with E-state index < -0.39 is 5.97 Å². The van der Waals surface area contributed by atoms with Crippen molar-refractivity contribution in [2.24, 2.45) is 0 Å². The van der Waals surface area contributed by atoms with E-state index >= 15 is 0 Å². The van der Waals surface area contributed by atoms with Gasteiger partial charge in [0.15, 0.2) is 0 Å². The van der Waals surface area contributed by atoms with Crippen molar-refractivity contribution in [1.29, 1.82) is 0 Å². The molecule has 0 unspecified atom stereocenters. The molecule has 0 radical (unpaired) electrons. The van der Waals surface area contributed by atoms with Crippen LogP contribution in [0, 0.1) is 6.92 Å². The lowest BCUT2D eigenvalue weighted by atomic mass is 10.2. The minimum Gasteiger partial charge on any atom is -0.462 e. The molecule has 4 rings (SSSR count). The maximum absolute atomic E-state index is 13.1. The molecule has 0 bridgehead atoms. The molecule has 0 saturated carbocycles. The molecule has 34 heavy (non-hydrogen) atoms. The Balaban J connectivity index is 1.34. The lowest BCUT2D eigenvalue weighted by molar-refractivity contribution is -0.117. The van der Waals surface area contributed by atoms with Crippen LogP contribution in [0.5, 0.6) is 0 Å². The maximum atomic E-state index is 13.1. The topological polar surface area (TPSA) is 79.0 Å². The van der Waals surface area contributed by atoms with Gasteiger partial charge in [0.25, 0.3) is 5.91 Å². The average molecular weight is 540 g/mol. The van der Waals surface area contributed by atoms with Gasteiger partial charge in [-0.25, -0.2) is 4.79 Å². The normalized spacial score (nSPS) is 14.4. The number of piperazine rings is 1. The monoisotopic (exact) mass is 539 g/mol. The number of fused-ring (bicyclic) bond motifs is 1. The number of rotatable bonds is 6. The summed E-state index contributed by atoms with van der Waals surface area (Å²) in [6.45, 7) is 6.14. The number of carbonyl (C=O) groups is 3. The van der Waals surface area contributed by atoms with Crippen LogP contribution in [0.1, 0.15) is 31.8 Å². The van der Waals surface area contributed by atoms with Crippen LogP contribution < -0.4 is 5.32 Å². The molecule has 0 spiro atoms. The molecule has 1 aliphatic heterocycles. The summed E-state index contributed by atoms with van der Waals surface area (Å²) in [5.74, 6) is -0.771. The number of hydrogen-bond donors (Lipinski definition) is 1. The number of ether oxygens (including phenoxy) is 1. The zero-order chi connectivity index (χ0) is 24.4. The number of amides is 2. The number of esters is 1. The van der Waals surface area contributed by atoms with Crippen molar-refractivity contribution in [2.75, 3.05) is 44.6 Å². The second-order valence-corrected chi connectivity index (χ2v) is 10.9. The molecule has 11 heteroatoms. The van der Waals surface area contributed by atoms with Crippen LogP contribution in [-0.4, -0.2) is 66.9 Å². The van der Waals surface area contributed by atoms with Gasteiger partial charge in [0.05, 0.1) is 23.7 Å². The van der Waals surface area contributed by atoms with E-state index in [0.717, 1.165) is 15.0 Å². The standard InChI is InChI=1S/C23H23Cl2N3O4S2/c1-3-32-23(31)16-10-13(2)33-21(16)26-18(29)12-27-6-8-28(9-7-27)22(30)20-19(25)15-5-4-14(24)11-17(15)34-20/h4-5,10-11H,3,6-9,12H2,1-2H3,(H,26,29). The molecule has 7 nitrogen and oxygen atoms in total. The molecular weight excluding hydrogens is 517 g/mol. The Bertz CT molecular complexity index is 1250. The van der Waals surface area contributed by atoms with Crippen molar-refractivity contribution in [3.05, 3.63) is 49.6 Å². The van der Waals surface area contributed by atoms with E-state index in [1.54, 1.807) is 24.0 Å². The van der Waals surface area contributed by atoms with Crippen LogP contribution in [0.3, 0.4) is 0 Å². The zero-order valence-corrected chi connectivity index (χ0v) is 21.8. The van der Waals surface area contributed by atoms with E-state index in [0.29, 0.717) is 51.7 Å². The first-order chi connectivity index (χ1) is 16.3. The van der Waals surface area contributed by atoms with Crippen LogP contribution >= 0.6 is 45.9 Å². The highest BCUT2D eigenvalue weighted by Gasteiger charge is 2.27. The molecule has 0 atom stereocenters. The van der Waals surface area contributed by atoms with Crippen molar-refractivity contribution < 1.29 is 19.1 Å². The molecular formula is C23H23Cl2N3O4S2. The van der Waals surface area contributed by atoms with Crippen molar-refractivity contribution >= 4 is 78.7 Å². The average Bonchev–Trinajstić information content (AvgIpc) is 3.32. The predicted octanol–water partition coefficient (Wildman–Crippen LogP) is 5.15. The number of nitrogens with zero attached hydrogens (tertiary/aromatic N) is 2. The summed E-state index contributed by atoms with van der Waals surface area (Å²) >= 11 is 15.2. The van der Waals surface area contributed by atoms with Crippen LogP contribution in [-0.2, 0) is 9.53 Å². The van der Waals surface area contributed by atoms with Gasteiger partial charge in [-0.15, -0.1) is 22.7 Å². The molecule has 1 aromatic carbocycles. The number of aryl methyl sites for hydroxylation is 1. The van der Waals surface area contributed by atoms with Gasteiger partial charge in [-0.1, -0.05) is 29.3 Å². The molecule has 2 aromatic heterocycles. The minimum atomic E-state index is -0.448. The first kappa shape index (κ1) is 24.9. The van der Waals surface area contributed by atoms with Crippen LogP contribution in [0.2, 0.25) is 10.0 Å². The lowest BCUT2D eigenvalue weighted by Crippen LogP contribution is -2.50. The second kappa shape index (κ2) is 10.6. The van der Waals surface area contributed by atoms with Gasteiger partial charge in [-0.2, -0.15) is 0 Å². The van der Waals surface area contributed by atoms with Gasteiger partial charge >= 0.3 is 5.97 Å². The molecule has 1 fully saturated rings. The first-order valence-corrected chi connectivity index (χ1v) is 13.1. The Kier molecular flexibility index (Phi) is 7.79. The summed E-state index contributed by atoms with van der Waals surface area (Å²) in [4.78, 5) is 43.0. The van der Waals surface area contributed by atoms with E-state index in [1.807, 2.05) is 24.0 Å². The van der Waals surface area contributed by atoms with Gasteiger partial charge in [-0.05, 0) is 32.0 Å². The highest BCUT2D eigenvalue weighted by molar-refractivity contribution is 7.21. The van der Waals surface area contributed by atoms with Gasteiger partial charge in [0, 0.05) is 46.2 Å². The second-order valence-electron chi connectivity index (χ2n) is 7.82. The van der Waals surface area contributed by atoms with E-state index in [1.165, 1.54) is 22.7 Å². The molecule has 3 heterocycles. The fourth-order valence-corrected chi connectivity index (χ4v) is 6.44. The summed E-state index contributed by atoms with van der Waals surface area (Å²) in [6.07, 6.45) is 0. The number of nitrogens with one attached hydrogen (secondary N) is 1. The molecule has 180 valence electrons.